The number of hydrogen-bond acceptors (Lipinski definition) is 4. The van der Waals surface area contributed by atoms with Gasteiger partial charge in [-0.25, -0.2) is 0 Å². The number of hydrogen-bond donors (Lipinski definition) is 1. The zero-order valence-corrected chi connectivity index (χ0v) is 21.1. The molecule has 0 saturated carbocycles. The van der Waals surface area contributed by atoms with Crippen molar-refractivity contribution in [2.24, 2.45) is 0 Å². The number of benzene rings is 3. The van der Waals surface area contributed by atoms with Crippen LogP contribution in [0.2, 0.25) is 0 Å². The van der Waals surface area contributed by atoms with E-state index in [1.807, 2.05) is 36.4 Å². The number of methoxy groups -OCH3 is 1. The molecule has 0 saturated heterocycles. The van der Waals surface area contributed by atoms with Gasteiger partial charge in [-0.3, -0.25) is 9.59 Å². The molecule has 0 unspecified atom stereocenters. The normalized spacial score (nSPS) is 16.2. The summed E-state index contributed by atoms with van der Waals surface area (Å²) in [5.41, 5.74) is 4.47. The zero-order chi connectivity index (χ0) is 25.7. The summed E-state index contributed by atoms with van der Waals surface area (Å²) in [6, 6.07) is 21.6. The molecule has 1 aliphatic heterocycles. The van der Waals surface area contributed by atoms with E-state index in [1.54, 1.807) is 18.1 Å². The van der Waals surface area contributed by atoms with Gasteiger partial charge in [-0.2, -0.15) is 0 Å². The fourth-order valence-electron chi connectivity index (χ4n) is 4.78. The third-order valence-corrected chi connectivity index (χ3v) is 6.67. The Kier molecular flexibility index (Phi) is 7.63. The van der Waals surface area contributed by atoms with Crippen LogP contribution in [0.4, 0.5) is 0 Å². The predicted octanol–water partition coefficient (Wildman–Crippen LogP) is 5.31. The van der Waals surface area contributed by atoms with Crippen LogP contribution in [-0.2, 0) is 30.6 Å². The standard InChI is InChI=1S/C30H33NO5/c1-4-21-9-11-22(12-10-21)18-30(2)19-25-17-23(13-14-27(25)36-30)29(34)31(16-15-28(32)33)20-24-7-5-6-8-26(24)35-3/h5-14,17H,4,15-16,18-20H2,1-3H3,(H,32,33)/t30-/m1/s1. The van der Waals surface area contributed by atoms with Crippen LogP contribution < -0.4 is 9.47 Å². The van der Waals surface area contributed by atoms with Crippen molar-refractivity contribution < 1.29 is 24.2 Å². The molecule has 6 nitrogen and oxygen atoms in total. The van der Waals surface area contributed by atoms with Gasteiger partial charge in [0.2, 0.25) is 0 Å². The highest BCUT2D eigenvalue weighted by molar-refractivity contribution is 5.95. The minimum Gasteiger partial charge on any atom is -0.496 e. The quantitative estimate of drug-likeness (QED) is 0.419. The van der Waals surface area contributed by atoms with Crippen LogP contribution in [-0.4, -0.2) is 41.1 Å². The van der Waals surface area contributed by atoms with Crippen molar-refractivity contribution in [2.75, 3.05) is 13.7 Å². The SMILES string of the molecule is CCc1ccc(C[C@]2(C)Cc3cc(C(=O)N(CCC(=O)O)Cc4ccccc4OC)ccc3O2)cc1. The number of carboxylic acid groups (broad SMARTS) is 1. The van der Waals surface area contributed by atoms with Crippen molar-refractivity contribution in [3.05, 3.63) is 94.5 Å². The molecule has 1 N–H and O–H groups in total. The topological polar surface area (TPSA) is 76.1 Å². The van der Waals surface area contributed by atoms with E-state index < -0.39 is 11.6 Å². The van der Waals surface area contributed by atoms with Gasteiger partial charge in [0, 0.05) is 37.1 Å². The maximum absolute atomic E-state index is 13.5. The van der Waals surface area contributed by atoms with Crippen molar-refractivity contribution in [3.63, 3.8) is 0 Å². The molecule has 0 bridgehead atoms. The Hall–Kier alpha value is -3.80. The van der Waals surface area contributed by atoms with E-state index in [-0.39, 0.29) is 25.4 Å². The number of carbonyl (C=O) groups is 2. The van der Waals surface area contributed by atoms with E-state index in [4.69, 9.17) is 9.47 Å². The van der Waals surface area contributed by atoms with Gasteiger partial charge in [-0.15, -0.1) is 0 Å². The number of fused-ring (bicyclic) bond motifs is 1. The summed E-state index contributed by atoms with van der Waals surface area (Å²) in [7, 11) is 1.58. The Balaban J connectivity index is 1.52. The van der Waals surface area contributed by atoms with Crippen molar-refractivity contribution >= 4 is 11.9 Å². The minimum atomic E-state index is -0.946. The molecule has 0 spiro atoms. The summed E-state index contributed by atoms with van der Waals surface area (Å²) < 4.78 is 11.8. The Morgan fingerprint density at radius 3 is 2.47 bits per heavy atom. The Morgan fingerprint density at radius 2 is 1.78 bits per heavy atom. The van der Waals surface area contributed by atoms with Gasteiger partial charge >= 0.3 is 5.97 Å². The summed E-state index contributed by atoms with van der Waals surface area (Å²) >= 11 is 0. The highest BCUT2D eigenvalue weighted by Gasteiger charge is 2.35. The lowest BCUT2D eigenvalue weighted by molar-refractivity contribution is -0.137. The predicted molar refractivity (Wildman–Crippen MR) is 139 cm³/mol. The molecule has 6 heteroatoms. The molecule has 188 valence electrons. The first-order valence-electron chi connectivity index (χ1n) is 12.3. The smallest absolute Gasteiger partial charge is 0.305 e. The number of amides is 1. The third-order valence-electron chi connectivity index (χ3n) is 6.67. The number of aryl methyl sites for hydroxylation is 1. The molecule has 1 atom stereocenters. The van der Waals surface area contributed by atoms with Crippen LogP contribution in [0.3, 0.4) is 0 Å². The highest BCUT2D eigenvalue weighted by Crippen LogP contribution is 2.38. The molecule has 3 aromatic rings. The molecule has 36 heavy (non-hydrogen) atoms. The number of carboxylic acids is 1. The number of nitrogens with zero attached hydrogens (tertiary/aromatic N) is 1. The molecule has 0 radical (unpaired) electrons. The van der Waals surface area contributed by atoms with Gasteiger partial charge in [-0.1, -0.05) is 49.4 Å². The molecule has 4 rings (SSSR count). The Labute approximate surface area is 212 Å². The second kappa shape index (κ2) is 10.9. The van der Waals surface area contributed by atoms with Crippen LogP contribution in [0.5, 0.6) is 11.5 Å². The molecule has 1 heterocycles. The number of carbonyl (C=O) groups excluding carboxylic acids is 1. The fourth-order valence-corrected chi connectivity index (χ4v) is 4.78. The van der Waals surface area contributed by atoms with Crippen LogP contribution in [0.1, 0.15) is 52.9 Å². The van der Waals surface area contributed by atoms with Crippen LogP contribution in [0, 0.1) is 0 Å². The van der Waals surface area contributed by atoms with Crippen molar-refractivity contribution in [1.29, 1.82) is 0 Å². The van der Waals surface area contributed by atoms with Gasteiger partial charge in [-0.05, 0) is 54.3 Å². The molecule has 1 amide bonds. The van der Waals surface area contributed by atoms with E-state index in [0.29, 0.717) is 17.7 Å². The van der Waals surface area contributed by atoms with Crippen LogP contribution >= 0.6 is 0 Å². The first kappa shape index (κ1) is 25.3. The van der Waals surface area contributed by atoms with E-state index >= 15 is 0 Å². The average Bonchev–Trinajstić information content (AvgIpc) is 3.21. The van der Waals surface area contributed by atoms with E-state index in [2.05, 4.69) is 38.1 Å². The minimum absolute atomic E-state index is 0.102. The van der Waals surface area contributed by atoms with Gasteiger partial charge < -0.3 is 19.5 Å². The number of aliphatic carboxylic acids is 1. The number of ether oxygens (including phenoxy) is 2. The first-order valence-corrected chi connectivity index (χ1v) is 12.3. The van der Waals surface area contributed by atoms with Crippen molar-refractivity contribution in [3.8, 4) is 11.5 Å². The van der Waals surface area contributed by atoms with Crippen LogP contribution in [0.25, 0.3) is 0 Å². The molecule has 3 aromatic carbocycles. The molecule has 0 aromatic heterocycles. The Bertz CT molecular complexity index is 1240. The number of rotatable bonds is 10. The second-order valence-electron chi connectivity index (χ2n) is 9.58. The maximum atomic E-state index is 13.5. The molecule has 0 fully saturated rings. The summed E-state index contributed by atoms with van der Waals surface area (Å²) in [5.74, 6) is 0.295. The zero-order valence-electron chi connectivity index (χ0n) is 21.1. The van der Waals surface area contributed by atoms with Crippen molar-refractivity contribution in [1.82, 2.24) is 4.90 Å². The second-order valence-corrected chi connectivity index (χ2v) is 9.58. The lowest BCUT2D eigenvalue weighted by Crippen LogP contribution is -2.33. The van der Waals surface area contributed by atoms with E-state index in [0.717, 1.165) is 29.7 Å². The fraction of sp³-hybridized carbons (Fsp3) is 0.333. The van der Waals surface area contributed by atoms with Gasteiger partial charge in [0.25, 0.3) is 5.91 Å². The average molecular weight is 488 g/mol. The largest absolute Gasteiger partial charge is 0.496 e. The first-order chi connectivity index (χ1) is 17.3. The van der Waals surface area contributed by atoms with Gasteiger partial charge in [0.15, 0.2) is 0 Å². The maximum Gasteiger partial charge on any atom is 0.305 e. The third kappa shape index (κ3) is 5.88. The van der Waals surface area contributed by atoms with Crippen molar-refractivity contribution in [2.45, 2.75) is 51.7 Å². The van der Waals surface area contributed by atoms with Crippen LogP contribution in [0.15, 0.2) is 66.7 Å². The summed E-state index contributed by atoms with van der Waals surface area (Å²) in [6.07, 6.45) is 2.34. The van der Waals surface area contributed by atoms with Gasteiger partial charge in [0.1, 0.15) is 17.1 Å². The summed E-state index contributed by atoms with van der Waals surface area (Å²) in [4.78, 5) is 26.4. The lowest BCUT2D eigenvalue weighted by atomic mass is 9.91. The summed E-state index contributed by atoms with van der Waals surface area (Å²) in [6.45, 7) is 4.61. The monoisotopic (exact) mass is 487 g/mol. The lowest BCUT2D eigenvalue weighted by Gasteiger charge is -2.24. The number of para-hydroxylation sites is 1. The summed E-state index contributed by atoms with van der Waals surface area (Å²) in [5, 5.41) is 9.24. The Morgan fingerprint density at radius 1 is 1.06 bits per heavy atom. The molecular weight excluding hydrogens is 454 g/mol. The van der Waals surface area contributed by atoms with E-state index in [9.17, 15) is 14.7 Å². The molecule has 0 aliphatic carbocycles. The molecular formula is C30H33NO5. The highest BCUT2D eigenvalue weighted by atomic mass is 16.5. The van der Waals surface area contributed by atoms with Gasteiger partial charge in [0.05, 0.1) is 13.5 Å². The molecule has 1 aliphatic rings. The van der Waals surface area contributed by atoms with E-state index in [1.165, 1.54) is 11.1 Å².